The molecule has 15 heavy (non-hydrogen) atoms. The number of carbonyl (C=O) groups excluding carboxylic acids is 2. The Balaban J connectivity index is 2.20. The Kier molecular flexibility index (Phi) is 2.49. The van der Waals surface area contributed by atoms with Gasteiger partial charge in [0.05, 0.1) is 5.92 Å². The van der Waals surface area contributed by atoms with E-state index in [1.807, 2.05) is 0 Å². The Morgan fingerprint density at radius 2 is 1.87 bits per heavy atom. The molecule has 1 heterocycles. The molecule has 1 unspecified atom stereocenters. The number of rotatable bonds is 1. The van der Waals surface area contributed by atoms with E-state index in [0.717, 1.165) is 5.56 Å². The predicted octanol–water partition coefficient (Wildman–Crippen LogP) is 1.35. The highest BCUT2D eigenvalue weighted by Gasteiger charge is 2.27. The molecule has 1 aliphatic rings. The Labute approximate surface area is 86.3 Å². The van der Waals surface area contributed by atoms with Gasteiger partial charge in [-0.3, -0.25) is 14.9 Å². The van der Waals surface area contributed by atoms with Crippen molar-refractivity contribution < 1.29 is 14.0 Å². The number of nitrogens with one attached hydrogen (secondary N) is 1. The first-order chi connectivity index (χ1) is 7.16. The van der Waals surface area contributed by atoms with Gasteiger partial charge in [0.25, 0.3) is 0 Å². The zero-order valence-electron chi connectivity index (χ0n) is 8.00. The largest absolute Gasteiger partial charge is 0.296 e. The Morgan fingerprint density at radius 1 is 1.20 bits per heavy atom. The third kappa shape index (κ3) is 2.03. The van der Waals surface area contributed by atoms with E-state index < -0.39 is 0 Å². The quantitative estimate of drug-likeness (QED) is 0.706. The normalized spacial score (nSPS) is 21.3. The van der Waals surface area contributed by atoms with Crippen molar-refractivity contribution in [2.24, 2.45) is 0 Å². The smallest absolute Gasteiger partial charge is 0.234 e. The molecule has 1 aromatic rings. The van der Waals surface area contributed by atoms with E-state index in [4.69, 9.17) is 0 Å². The Hall–Kier alpha value is -1.71. The molecule has 0 aromatic heterocycles. The standard InChI is InChI=1S/C11H10FNO2/c12-8-3-1-7(2-4-8)9-5-6-10(14)13-11(9)15/h1-4,9H,5-6H2,(H,13,14,15). The predicted molar refractivity (Wildman–Crippen MR) is 51.5 cm³/mol. The fraction of sp³-hybridized carbons (Fsp3) is 0.273. The number of amides is 2. The van der Waals surface area contributed by atoms with Gasteiger partial charge in [-0.05, 0) is 24.1 Å². The highest BCUT2D eigenvalue weighted by molar-refractivity contribution is 6.00. The number of halogens is 1. The van der Waals surface area contributed by atoms with Crippen LogP contribution < -0.4 is 5.32 Å². The Morgan fingerprint density at radius 3 is 2.47 bits per heavy atom. The molecular weight excluding hydrogens is 197 g/mol. The van der Waals surface area contributed by atoms with Crippen LogP contribution in [-0.2, 0) is 9.59 Å². The molecule has 0 saturated carbocycles. The zero-order chi connectivity index (χ0) is 10.8. The molecule has 0 aliphatic carbocycles. The van der Waals surface area contributed by atoms with Gasteiger partial charge in [0, 0.05) is 6.42 Å². The summed E-state index contributed by atoms with van der Waals surface area (Å²) in [6.45, 7) is 0. The third-order valence-electron chi connectivity index (χ3n) is 2.51. The molecule has 1 fully saturated rings. The number of imide groups is 1. The molecule has 78 valence electrons. The van der Waals surface area contributed by atoms with Crippen LogP contribution in [0.15, 0.2) is 24.3 Å². The summed E-state index contributed by atoms with van der Waals surface area (Å²) in [4.78, 5) is 22.4. The molecule has 0 bridgehead atoms. The van der Waals surface area contributed by atoms with Crippen LogP contribution in [0.4, 0.5) is 4.39 Å². The van der Waals surface area contributed by atoms with Gasteiger partial charge in [0.1, 0.15) is 5.82 Å². The molecule has 2 rings (SSSR count). The molecule has 3 nitrogen and oxygen atoms in total. The van der Waals surface area contributed by atoms with Crippen LogP contribution in [0, 0.1) is 5.82 Å². The average molecular weight is 207 g/mol. The van der Waals surface area contributed by atoms with Crippen molar-refractivity contribution in [3.63, 3.8) is 0 Å². The summed E-state index contributed by atoms with van der Waals surface area (Å²) < 4.78 is 12.7. The van der Waals surface area contributed by atoms with Gasteiger partial charge < -0.3 is 0 Å². The molecule has 2 amide bonds. The second kappa shape index (κ2) is 3.81. The van der Waals surface area contributed by atoms with E-state index >= 15 is 0 Å². The first kappa shape index (κ1) is 9.83. The molecule has 1 aliphatic heterocycles. The number of benzene rings is 1. The van der Waals surface area contributed by atoms with E-state index in [-0.39, 0.29) is 23.5 Å². The summed E-state index contributed by atoms with van der Waals surface area (Å²) in [6.07, 6.45) is 0.837. The number of piperidine rings is 1. The van der Waals surface area contributed by atoms with Crippen molar-refractivity contribution in [2.75, 3.05) is 0 Å². The summed E-state index contributed by atoms with van der Waals surface area (Å²) in [5.41, 5.74) is 0.751. The molecule has 1 N–H and O–H groups in total. The lowest BCUT2D eigenvalue weighted by Crippen LogP contribution is -2.39. The van der Waals surface area contributed by atoms with Crippen molar-refractivity contribution in [3.05, 3.63) is 35.6 Å². The van der Waals surface area contributed by atoms with E-state index in [1.54, 1.807) is 12.1 Å². The minimum atomic E-state index is -0.330. The first-order valence-electron chi connectivity index (χ1n) is 4.76. The fourth-order valence-corrected chi connectivity index (χ4v) is 1.71. The maximum absolute atomic E-state index is 12.7. The lowest BCUT2D eigenvalue weighted by atomic mass is 9.91. The van der Waals surface area contributed by atoms with Crippen LogP contribution in [0.1, 0.15) is 24.3 Å². The van der Waals surface area contributed by atoms with Crippen LogP contribution >= 0.6 is 0 Å². The lowest BCUT2D eigenvalue weighted by molar-refractivity contribution is -0.134. The molecule has 1 saturated heterocycles. The molecule has 0 radical (unpaired) electrons. The summed E-state index contributed by atoms with van der Waals surface area (Å²) in [6, 6.07) is 5.79. The SMILES string of the molecule is O=C1CCC(c2ccc(F)cc2)C(=O)N1. The number of hydrogen-bond donors (Lipinski definition) is 1. The molecule has 0 spiro atoms. The number of hydrogen-bond acceptors (Lipinski definition) is 2. The molecule has 1 aromatic carbocycles. The van der Waals surface area contributed by atoms with Crippen LogP contribution in [0.5, 0.6) is 0 Å². The van der Waals surface area contributed by atoms with Gasteiger partial charge in [-0.15, -0.1) is 0 Å². The van der Waals surface area contributed by atoms with Crippen LogP contribution in [0.3, 0.4) is 0 Å². The monoisotopic (exact) mass is 207 g/mol. The summed E-state index contributed by atoms with van der Waals surface area (Å²) in [5, 5.41) is 2.27. The van der Waals surface area contributed by atoms with Gasteiger partial charge in [0.2, 0.25) is 11.8 Å². The summed E-state index contributed by atoms with van der Waals surface area (Å²) in [5.74, 6) is -1.19. The summed E-state index contributed by atoms with van der Waals surface area (Å²) >= 11 is 0. The van der Waals surface area contributed by atoms with Gasteiger partial charge >= 0.3 is 0 Å². The summed E-state index contributed by atoms with van der Waals surface area (Å²) in [7, 11) is 0. The second-order valence-corrected chi connectivity index (χ2v) is 3.56. The van der Waals surface area contributed by atoms with E-state index in [9.17, 15) is 14.0 Å². The van der Waals surface area contributed by atoms with Crippen molar-refractivity contribution >= 4 is 11.8 Å². The van der Waals surface area contributed by atoms with Gasteiger partial charge in [-0.2, -0.15) is 0 Å². The maximum Gasteiger partial charge on any atom is 0.234 e. The topological polar surface area (TPSA) is 46.2 Å². The van der Waals surface area contributed by atoms with Crippen molar-refractivity contribution in [1.82, 2.24) is 5.32 Å². The van der Waals surface area contributed by atoms with E-state index in [1.165, 1.54) is 12.1 Å². The first-order valence-corrected chi connectivity index (χ1v) is 4.76. The van der Waals surface area contributed by atoms with Crippen LogP contribution in [-0.4, -0.2) is 11.8 Å². The molecular formula is C11H10FNO2. The second-order valence-electron chi connectivity index (χ2n) is 3.56. The highest BCUT2D eigenvalue weighted by atomic mass is 19.1. The molecule has 4 heteroatoms. The van der Waals surface area contributed by atoms with Gasteiger partial charge in [-0.25, -0.2) is 4.39 Å². The van der Waals surface area contributed by atoms with Crippen molar-refractivity contribution in [3.8, 4) is 0 Å². The van der Waals surface area contributed by atoms with Crippen LogP contribution in [0.25, 0.3) is 0 Å². The number of carbonyl (C=O) groups is 2. The Bertz CT molecular complexity index is 400. The fourth-order valence-electron chi connectivity index (χ4n) is 1.71. The van der Waals surface area contributed by atoms with Gasteiger partial charge in [-0.1, -0.05) is 12.1 Å². The van der Waals surface area contributed by atoms with Crippen molar-refractivity contribution in [1.29, 1.82) is 0 Å². The van der Waals surface area contributed by atoms with Crippen LogP contribution in [0.2, 0.25) is 0 Å². The van der Waals surface area contributed by atoms with Gasteiger partial charge in [0.15, 0.2) is 0 Å². The third-order valence-corrected chi connectivity index (χ3v) is 2.51. The lowest BCUT2D eigenvalue weighted by Gasteiger charge is -2.20. The van der Waals surface area contributed by atoms with Crippen molar-refractivity contribution in [2.45, 2.75) is 18.8 Å². The average Bonchev–Trinajstić information content (AvgIpc) is 2.20. The minimum Gasteiger partial charge on any atom is -0.296 e. The van der Waals surface area contributed by atoms with E-state index in [0.29, 0.717) is 12.8 Å². The van der Waals surface area contributed by atoms with E-state index in [2.05, 4.69) is 5.32 Å². The zero-order valence-corrected chi connectivity index (χ0v) is 8.00. The maximum atomic E-state index is 12.7. The highest BCUT2D eigenvalue weighted by Crippen LogP contribution is 2.24. The minimum absolute atomic E-state index is 0.238. The molecule has 1 atom stereocenters.